The van der Waals surface area contributed by atoms with Gasteiger partial charge in [-0.05, 0) is 43.0 Å². The third-order valence-corrected chi connectivity index (χ3v) is 4.24. The minimum atomic E-state index is -4.49. The molecule has 0 fully saturated rings. The molecule has 8 heteroatoms. The number of nitrogens with one attached hydrogen (secondary N) is 1. The molecular weight excluding hydrogens is 335 g/mol. The van der Waals surface area contributed by atoms with Crippen LogP contribution in [0.15, 0.2) is 35.1 Å². The van der Waals surface area contributed by atoms with E-state index in [-0.39, 0.29) is 17.2 Å². The van der Waals surface area contributed by atoms with E-state index in [1.54, 1.807) is 7.05 Å². The average Bonchev–Trinajstić information content (AvgIpc) is 2.55. The van der Waals surface area contributed by atoms with Gasteiger partial charge in [0, 0.05) is 24.7 Å². The highest BCUT2D eigenvalue weighted by molar-refractivity contribution is 5.94. The van der Waals surface area contributed by atoms with Crippen LogP contribution in [0, 0.1) is 0 Å². The second-order valence-electron chi connectivity index (χ2n) is 6.07. The number of hydrogen-bond acceptors (Lipinski definition) is 3. The molecule has 1 aliphatic rings. The molecule has 3 rings (SSSR count). The molecule has 1 aromatic heterocycles. The molecule has 0 radical (unpaired) electrons. The Labute approximate surface area is 141 Å². The Hall–Kier alpha value is -2.64. The third kappa shape index (κ3) is 3.72. The smallest absolute Gasteiger partial charge is 0.349 e. The van der Waals surface area contributed by atoms with Gasteiger partial charge in [-0.1, -0.05) is 6.07 Å². The Kier molecular flexibility index (Phi) is 4.36. The SMILES string of the molecule is Cn1nc2c(cc1=O)CC(NC(=O)c1cccc(C(F)(F)F)c1)CC2. The summed E-state index contributed by atoms with van der Waals surface area (Å²) in [5.74, 6) is -0.559. The number of hydrogen-bond donors (Lipinski definition) is 1. The molecular formula is C17H16F3N3O2. The molecule has 1 aliphatic carbocycles. The molecule has 1 amide bonds. The minimum absolute atomic E-state index is 0.0391. The summed E-state index contributed by atoms with van der Waals surface area (Å²) >= 11 is 0. The lowest BCUT2D eigenvalue weighted by atomic mass is 9.92. The number of carbonyl (C=O) groups is 1. The zero-order valence-corrected chi connectivity index (χ0v) is 13.4. The zero-order valence-electron chi connectivity index (χ0n) is 13.4. The predicted octanol–water partition coefficient (Wildman–Crippen LogP) is 2.09. The number of nitrogens with zero attached hydrogens (tertiary/aromatic N) is 2. The molecule has 5 nitrogen and oxygen atoms in total. The fraction of sp³-hybridized carbons (Fsp3) is 0.353. The van der Waals surface area contributed by atoms with Gasteiger partial charge in [0.1, 0.15) is 0 Å². The van der Waals surface area contributed by atoms with Crippen molar-refractivity contribution in [1.29, 1.82) is 0 Å². The van der Waals surface area contributed by atoms with Gasteiger partial charge in [-0.15, -0.1) is 0 Å². The number of carbonyl (C=O) groups excluding carboxylic acids is 1. The summed E-state index contributed by atoms with van der Waals surface area (Å²) in [5.41, 5.74) is 0.448. The number of alkyl halides is 3. The number of fused-ring (bicyclic) bond motifs is 1. The van der Waals surface area contributed by atoms with Crippen LogP contribution in [0.1, 0.15) is 33.6 Å². The van der Waals surface area contributed by atoms with Gasteiger partial charge < -0.3 is 5.32 Å². The molecule has 1 aromatic carbocycles. The van der Waals surface area contributed by atoms with Gasteiger partial charge in [0.15, 0.2) is 0 Å². The average molecular weight is 351 g/mol. The number of aryl methyl sites for hydroxylation is 2. The normalized spacial score (nSPS) is 17.0. The van der Waals surface area contributed by atoms with Crippen molar-refractivity contribution in [2.24, 2.45) is 7.05 Å². The van der Waals surface area contributed by atoms with Crippen molar-refractivity contribution < 1.29 is 18.0 Å². The molecule has 25 heavy (non-hydrogen) atoms. The van der Waals surface area contributed by atoms with Crippen molar-refractivity contribution in [2.75, 3.05) is 0 Å². The van der Waals surface area contributed by atoms with Crippen LogP contribution < -0.4 is 10.9 Å². The molecule has 1 N–H and O–H groups in total. The van der Waals surface area contributed by atoms with Gasteiger partial charge in [0.05, 0.1) is 11.3 Å². The molecule has 0 bridgehead atoms. The number of amides is 1. The lowest BCUT2D eigenvalue weighted by Crippen LogP contribution is -2.40. The van der Waals surface area contributed by atoms with Crippen molar-refractivity contribution >= 4 is 5.91 Å². The summed E-state index contributed by atoms with van der Waals surface area (Å²) in [6, 6.07) is 5.56. The zero-order chi connectivity index (χ0) is 18.2. The topological polar surface area (TPSA) is 64.0 Å². The summed E-state index contributed by atoms with van der Waals surface area (Å²) in [4.78, 5) is 23.9. The lowest BCUT2D eigenvalue weighted by molar-refractivity contribution is -0.137. The maximum atomic E-state index is 12.8. The van der Waals surface area contributed by atoms with Crippen LogP contribution in [0.4, 0.5) is 13.2 Å². The van der Waals surface area contributed by atoms with Crippen LogP contribution >= 0.6 is 0 Å². The lowest BCUT2D eigenvalue weighted by Gasteiger charge is -2.25. The Morgan fingerprint density at radius 2 is 2.08 bits per heavy atom. The first-order valence-corrected chi connectivity index (χ1v) is 7.78. The Morgan fingerprint density at radius 1 is 1.32 bits per heavy atom. The van der Waals surface area contributed by atoms with Gasteiger partial charge in [-0.25, -0.2) is 4.68 Å². The minimum Gasteiger partial charge on any atom is -0.349 e. The molecule has 0 saturated carbocycles. The first-order chi connectivity index (χ1) is 11.7. The Morgan fingerprint density at radius 3 is 2.80 bits per heavy atom. The monoisotopic (exact) mass is 351 g/mol. The van der Waals surface area contributed by atoms with Gasteiger partial charge in [-0.3, -0.25) is 9.59 Å². The number of aromatic nitrogens is 2. The van der Waals surface area contributed by atoms with Crippen LogP contribution in [0.5, 0.6) is 0 Å². The van der Waals surface area contributed by atoms with Crippen molar-refractivity contribution in [2.45, 2.75) is 31.5 Å². The summed E-state index contributed by atoms with van der Waals surface area (Å²) < 4.78 is 39.5. The highest BCUT2D eigenvalue weighted by Crippen LogP contribution is 2.29. The van der Waals surface area contributed by atoms with Crippen molar-refractivity contribution in [1.82, 2.24) is 15.1 Å². The van der Waals surface area contributed by atoms with E-state index in [0.29, 0.717) is 19.3 Å². The number of rotatable bonds is 2. The summed E-state index contributed by atoms with van der Waals surface area (Å²) in [6.07, 6.45) is -2.85. The van der Waals surface area contributed by atoms with Crippen LogP contribution in [-0.4, -0.2) is 21.7 Å². The van der Waals surface area contributed by atoms with Gasteiger partial charge >= 0.3 is 6.18 Å². The fourth-order valence-corrected chi connectivity index (χ4v) is 2.91. The molecule has 1 heterocycles. The van der Waals surface area contributed by atoms with Gasteiger partial charge in [-0.2, -0.15) is 18.3 Å². The molecule has 1 atom stereocenters. The number of benzene rings is 1. The molecule has 132 valence electrons. The van der Waals surface area contributed by atoms with E-state index in [1.807, 2.05) is 0 Å². The standard InChI is InChI=1S/C17H16F3N3O2/c1-23-15(24)9-11-8-13(5-6-14(11)22-23)21-16(25)10-3-2-4-12(7-10)17(18,19)20/h2-4,7,9,13H,5-6,8H2,1H3,(H,21,25). The molecule has 2 aromatic rings. The first kappa shape index (κ1) is 17.2. The van der Waals surface area contributed by atoms with E-state index in [1.165, 1.54) is 22.9 Å². The molecule has 0 aliphatic heterocycles. The van der Waals surface area contributed by atoms with Crippen molar-refractivity contribution in [3.05, 3.63) is 63.1 Å². The highest BCUT2D eigenvalue weighted by atomic mass is 19.4. The van der Waals surface area contributed by atoms with Gasteiger partial charge in [0.2, 0.25) is 0 Å². The fourth-order valence-electron chi connectivity index (χ4n) is 2.91. The molecule has 0 saturated heterocycles. The Balaban J connectivity index is 1.74. The van der Waals surface area contributed by atoms with E-state index in [0.717, 1.165) is 23.4 Å². The summed E-state index contributed by atoms with van der Waals surface area (Å²) in [6.45, 7) is 0. The highest BCUT2D eigenvalue weighted by Gasteiger charge is 2.31. The van der Waals surface area contributed by atoms with Crippen LogP contribution in [0.3, 0.4) is 0 Å². The first-order valence-electron chi connectivity index (χ1n) is 7.78. The second kappa shape index (κ2) is 6.34. The van der Waals surface area contributed by atoms with E-state index in [2.05, 4.69) is 10.4 Å². The van der Waals surface area contributed by atoms with E-state index in [9.17, 15) is 22.8 Å². The van der Waals surface area contributed by atoms with E-state index < -0.39 is 17.6 Å². The third-order valence-electron chi connectivity index (χ3n) is 4.24. The summed E-state index contributed by atoms with van der Waals surface area (Å²) in [7, 11) is 1.57. The van der Waals surface area contributed by atoms with Crippen molar-refractivity contribution in [3.8, 4) is 0 Å². The van der Waals surface area contributed by atoms with E-state index in [4.69, 9.17) is 0 Å². The van der Waals surface area contributed by atoms with E-state index >= 15 is 0 Å². The second-order valence-corrected chi connectivity index (χ2v) is 6.07. The van der Waals surface area contributed by atoms with Crippen LogP contribution in [-0.2, 0) is 26.1 Å². The Bertz CT molecular complexity index is 874. The van der Waals surface area contributed by atoms with Crippen LogP contribution in [0.2, 0.25) is 0 Å². The van der Waals surface area contributed by atoms with Gasteiger partial charge in [0.25, 0.3) is 11.5 Å². The quantitative estimate of drug-likeness (QED) is 0.901. The maximum Gasteiger partial charge on any atom is 0.416 e. The largest absolute Gasteiger partial charge is 0.416 e. The maximum absolute atomic E-state index is 12.8. The molecule has 1 unspecified atom stereocenters. The summed E-state index contributed by atoms with van der Waals surface area (Å²) in [5, 5.41) is 6.94. The molecule has 0 spiro atoms. The van der Waals surface area contributed by atoms with Crippen molar-refractivity contribution in [3.63, 3.8) is 0 Å². The number of halogens is 3. The van der Waals surface area contributed by atoms with Crippen LogP contribution in [0.25, 0.3) is 0 Å². The predicted molar refractivity (Wildman–Crippen MR) is 84.2 cm³/mol.